The summed E-state index contributed by atoms with van der Waals surface area (Å²) in [7, 11) is 2.83. The second-order valence-electron chi connectivity index (χ2n) is 3.73. The molecule has 1 aromatic heterocycles. The smallest absolute Gasteiger partial charge is 0.278 e. The van der Waals surface area contributed by atoms with E-state index in [-0.39, 0.29) is 11.8 Å². The van der Waals surface area contributed by atoms with Gasteiger partial charge < -0.3 is 4.74 Å². The third-order valence-electron chi connectivity index (χ3n) is 2.46. The first kappa shape index (κ1) is 15.3. The molecule has 7 heteroatoms. The number of rotatable bonds is 6. The SMILES string of the molecule is CCc1cc(C(=O)N(C)OC)cnc1OCC(F)F. The topological polar surface area (TPSA) is 51.7 Å². The number of aromatic nitrogens is 1. The van der Waals surface area contributed by atoms with Crippen LogP contribution in [0.1, 0.15) is 22.8 Å². The second-order valence-corrected chi connectivity index (χ2v) is 3.73. The molecule has 19 heavy (non-hydrogen) atoms. The van der Waals surface area contributed by atoms with Crippen molar-refractivity contribution in [2.45, 2.75) is 19.8 Å². The number of hydrogen-bond donors (Lipinski definition) is 0. The predicted octanol–water partition coefficient (Wildman–Crippen LogP) is 1.92. The van der Waals surface area contributed by atoms with Crippen molar-refractivity contribution in [3.63, 3.8) is 0 Å². The van der Waals surface area contributed by atoms with Crippen molar-refractivity contribution in [2.24, 2.45) is 0 Å². The van der Waals surface area contributed by atoms with Crippen LogP contribution < -0.4 is 4.74 Å². The molecule has 0 radical (unpaired) electrons. The monoisotopic (exact) mass is 274 g/mol. The van der Waals surface area contributed by atoms with Gasteiger partial charge in [0.1, 0.15) is 0 Å². The molecule has 0 saturated heterocycles. The van der Waals surface area contributed by atoms with Gasteiger partial charge in [0.15, 0.2) is 6.61 Å². The van der Waals surface area contributed by atoms with E-state index >= 15 is 0 Å². The Morgan fingerprint density at radius 2 is 2.21 bits per heavy atom. The molecule has 1 amide bonds. The van der Waals surface area contributed by atoms with Crippen LogP contribution in [0.5, 0.6) is 5.88 Å². The van der Waals surface area contributed by atoms with Crippen molar-refractivity contribution in [1.82, 2.24) is 10.0 Å². The van der Waals surface area contributed by atoms with Gasteiger partial charge in [0, 0.05) is 18.8 Å². The van der Waals surface area contributed by atoms with E-state index in [9.17, 15) is 13.6 Å². The molecule has 0 aliphatic heterocycles. The molecular formula is C12H16F2N2O3. The lowest BCUT2D eigenvalue weighted by Gasteiger charge is -2.15. The van der Waals surface area contributed by atoms with Crippen LogP contribution >= 0.6 is 0 Å². The summed E-state index contributed by atoms with van der Waals surface area (Å²) >= 11 is 0. The highest BCUT2D eigenvalue weighted by Crippen LogP contribution is 2.18. The molecule has 0 aliphatic carbocycles. The summed E-state index contributed by atoms with van der Waals surface area (Å²) in [4.78, 5) is 20.5. The summed E-state index contributed by atoms with van der Waals surface area (Å²) in [5.41, 5.74) is 0.904. The standard InChI is InChI=1S/C12H16F2N2O3/c1-4-8-5-9(12(17)16(2)18-3)6-15-11(8)19-7-10(13)14/h5-6,10H,4,7H2,1-3H3. The number of carbonyl (C=O) groups excluding carboxylic acids is 1. The van der Waals surface area contributed by atoms with Gasteiger partial charge in [-0.25, -0.2) is 18.8 Å². The zero-order valence-corrected chi connectivity index (χ0v) is 11.0. The van der Waals surface area contributed by atoms with E-state index in [0.717, 1.165) is 5.06 Å². The maximum Gasteiger partial charge on any atom is 0.278 e. The Labute approximate surface area is 110 Å². The largest absolute Gasteiger partial charge is 0.471 e. The van der Waals surface area contributed by atoms with Gasteiger partial charge in [-0.15, -0.1) is 0 Å². The van der Waals surface area contributed by atoms with Crippen molar-refractivity contribution >= 4 is 5.91 Å². The summed E-state index contributed by atoms with van der Waals surface area (Å²) in [6, 6.07) is 1.56. The van der Waals surface area contributed by atoms with Gasteiger partial charge in [-0.3, -0.25) is 9.63 Å². The van der Waals surface area contributed by atoms with E-state index in [4.69, 9.17) is 9.57 Å². The van der Waals surface area contributed by atoms with Crippen LogP contribution in [-0.2, 0) is 11.3 Å². The zero-order chi connectivity index (χ0) is 14.4. The summed E-state index contributed by atoms with van der Waals surface area (Å²) in [6.07, 6.45) is -0.770. The Hall–Kier alpha value is -1.76. The predicted molar refractivity (Wildman–Crippen MR) is 64.2 cm³/mol. The molecule has 106 valence electrons. The zero-order valence-electron chi connectivity index (χ0n) is 11.0. The molecule has 1 rings (SSSR count). The molecule has 0 spiro atoms. The Kier molecular flexibility index (Phi) is 5.62. The third kappa shape index (κ3) is 4.13. The van der Waals surface area contributed by atoms with Crippen molar-refractivity contribution in [3.8, 4) is 5.88 Å². The van der Waals surface area contributed by atoms with Crippen LogP contribution in [0.25, 0.3) is 0 Å². The molecule has 1 aromatic rings. The molecule has 0 unspecified atom stereocenters. The lowest BCUT2D eigenvalue weighted by molar-refractivity contribution is -0.0757. The van der Waals surface area contributed by atoms with Gasteiger partial charge in [-0.2, -0.15) is 0 Å². The molecule has 1 heterocycles. The molecule has 0 atom stereocenters. The number of ether oxygens (including phenoxy) is 1. The second kappa shape index (κ2) is 6.98. The number of aryl methyl sites for hydroxylation is 1. The average molecular weight is 274 g/mol. The first-order chi connectivity index (χ1) is 8.99. The fourth-order valence-electron chi connectivity index (χ4n) is 1.40. The first-order valence-corrected chi connectivity index (χ1v) is 5.71. The molecule has 0 aliphatic rings. The van der Waals surface area contributed by atoms with Gasteiger partial charge in [0.25, 0.3) is 12.3 Å². The lowest BCUT2D eigenvalue weighted by atomic mass is 10.1. The summed E-state index contributed by atoms with van der Waals surface area (Å²) < 4.78 is 29.1. The first-order valence-electron chi connectivity index (χ1n) is 5.71. The van der Waals surface area contributed by atoms with E-state index in [0.29, 0.717) is 17.5 Å². The van der Waals surface area contributed by atoms with Gasteiger partial charge in [0.05, 0.1) is 12.7 Å². The van der Waals surface area contributed by atoms with Crippen LogP contribution in [0.15, 0.2) is 12.3 Å². The van der Waals surface area contributed by atoms with Crippen molar-refractivity contribution in [1.29, 1.82) is 0 Å². The maximum atomic E-state index is 12.1. The number of hydrogen-bond acceptors (Lipinski definition) is 4. The highest BCUT2D eigenvalue weighted by molar-refractivity contribution is 5.93. The number of carbonyl (C=O) groups is 1. The number of halogens is 2. The van der Waals surface area contributed by atoms with Gasteiger partial charge in [0.2, 0.25) is 5.88 Å². The minimum absolute atomic E-state index is 0.124. The summed E-state index contributed by atoms with van der Waals surface area (Å²) in [6.45, 7) is 1.10. The van der Waals surface area contributed by atoms with Crippen LogP contribution in [0, 0.1) is 0 Å². The van der Waals surface area contributed by atoms with E-state index in [1.165, 1.54) is 20.4 Å². The third-order valence-corrected chi connectivity index (χ3v) is 2.46. The van der Waals surface area contributed by atoms with E-state index in [1.807, 2.05) is 6.92 Å². The van der Waals surface area contributed by atoms with Crippen molar-refractivity contribution in [3.05, 3.63) is 23.4 Å². The molecule has 0 aromatic carbocycles. The minimum atomic E-state index is -2.56. The average Bonchev–Trinajstić information content (AvgIpc) is 2.43. The van der Waals surface area contributed by atoms with E-state index in [1.54, 1.807) is 6.07 Å². The van der Waals surface area contributed by atoms with Crippen LogP contribution in [-0.4, -0.2) is 43.1 Å². The Morgan fingerprint density at radius 1 is 1.53 bits per heavy atom. The minimum Gasteiger partial charge on any atom is -0.471 e. The summed E-state index contributed by atoms with van der Waals surface area (Å²) in [5, 5.41) is 1.05. The number of nitrogens with zero attached hydrogens (tertiary/aromatic N) is 2. The molecule has 0 N–H and O–H groups in total. The normalized spacial score (nSPS) is 10.6. The van der Waals surface area contributed by atoms with Crippen molar-refractivity contribution in [2.75, 3.05) is 20.8 Å². The van der Waals surface area contributed by atoms with Gasteiger partial charge >= 0.3 is 0 Å². The Bertz CT molecular complexity index is 441. The molecule has 5 nitrogen and oxygen atoms in total. The maximum absolute atomic E-state index is 12.1. The fourth-order valence-corrected chi connectivity index (χ4v) is 1.40. The number of alkyl halides is 2. The highest BCUT2D eigenvalue weighted by atomic mass is 19.3. The van der Waals surface area contributed by atoms with Gasteiger partial charge in [-0.1, -0.05) is 6.92 Å². The number of hydroxylamine groups is 2. The summed E-state index contributed by atoms with van der Waals surface area (Å²) in [5.74, 6) is -0.246. The van der Waals surface area contributed by atoms with Crippen molar-refractivity contribution < 1.29 is 23.1 Å². The quantitative estimate of drug-likeness (QED) is 0.744. The van der Waals surface area contributed by atoms with Crippen LogP contribution in [0.4, 0.5) is 8.78 Å². The molecular weight excluding hydrogens is 258 g/mol. The van der Waals surface area contributed by atoms with Crippen LogP contribution in [0.3, 0.4) is 0 Å². The Balaban J connectivity index is 2.92. The molecule has 0 saturated carbocycles. The van der Waals surface area contributed by atoms with E-state index in [2.05, 4.69) is 4.98 Å². The number of amides is 1. The lowest BCUT2D eigenvalue weighted by Crippen LogP contribution is -2.25. The fraction of sp³-hybridized carbons (Fsp3) is 0.500. The Morgan fingerprint density at radius 3 is 2.74 bits per heavy atom. The van der Waals surface area contributed by atoms with E-state index < -0.39 is 13.0 Å². The van der Waals surface area contributed by atoms with Gasteiger partial charge in [-0.05, 0) is 12.5 Å². The highest BCUT2D eigenvalue weighted by Gasteiger charge is 2.15. The van der Waals surface area contributed by atoms with Crippen LogP contribution in [0.2, 0.25) is 0 Å². The molecule has 0 fully saturated rings. The molecule has 0 bridgehead atoms. The number of pyridine rings is 1.